The van der Waals surface area contributed by atoms with Crippen LogP contribution in [0.1, 0.15) is 16.7 Å². The van der Waals surface area contributed by atoms with Crippen molar-refractivity contribution >= 4 is 56.6 Å². The highest BCUT2D eigenvalue weighted by atomic mass is 35.5. The number of hydrogen-bond acceptors (Lipinski definition) is 4. The normalized spacial score (nSPS) is 11.3. The van der Waals surface area contributed by atoms with E-state index < -0.39 is 10.0 Å². The summed E-state index contributed by atoms with van der Waals surface area (Å²) in [6.07, 6.45) is 1.10. The van der Waals surface area contributed by atoms with Gasteiger partial charge >= 0.3 is 0 Å². The molecule has 0 spiro atoms. The fourth-order valence-electron chi connectivity index (χ4n) is 2.55. The van der Waals surface area contributed by atoms with Crippen molar-refractivity contribution in [2.75, 3.05) is 29.4 Å². The zero-order chi connectivity index (χ0) is 21.6. The fourth-order valence-corrected chi connectivity index (χ4v) is 4.52. The van der Waals surface area contributed by atoms with Crippen molar-refractivity contribution in [2.45, 2.75) is 19.6 Å². The van der Waals surface area contributed by atoms with Crippen molar-refractivity contribution in [3.8, 4) is 0 Å². The van der Waals surface area contributed by atoms with Crippen molar-refractivity contribution in [1.82, 2.24) is 5.32 Å². The molecule has 0 aromatic heterocycles. The van der Waals surface area contributed by atoms with E-state index >= 15 is 0 Å². The van der Waals surface area contributed by atoms with E-state index in [-0.39, 0.29) is 12.5 Å². The number of halogens is 2. The molecule has 0 bridgehead atoms. The molecule has 2 aromatic carbocycles. The largest absolute Gasteiger partial charge is 0.354 e. The topological polar surface area (TPSA) is 66.5 Å². The van der Waals surface area contributed by atoms with Gasteiger partial charge in [-0.05, 0) is 54.8 Å². The third-order valence-electron chi connectivity index (χ3n) is 4.29. The molecular weight excluding hydrogens is 451 g/mol. The lowest BCUT2D eigenvalue weighted by molar-refractivity contribution is -0.119. The molecule has 1 N–H and O–H groups in total. The predicted octanol–water partition coefficient (Wildman–Crippen LogP) is 4.43. The Kier molecular flexibility index (Phi) is 8.70. The van der Waals surface area contributed by atoms with Gasteiger partial charge in [0.25, 0.3) is 0 Å². The van der Waals surface area contributed by atoms with E-state index in [9.17, 15) is 13.2 Å². The summed E-state index contributed by atoms with van der Waals surface area (Å²) in [6.45, 7) is 4.05. The van der Waals surface area contributed by atoms with Crippen molar-refractivity contribution in [1.29, 1.82) is 0 Å². The number of nitrogens with zero attached hydrogens (tertiary/aromatic N) is 1. The highest BCUT2D eigenvalue weighted by molar-refractivity contribution is 7.98. The number of thioether (sulfide) groups is 1. The van der Waals surface area contributed by atoms with Crippen LogP contribution in [0.3, 0.4) is 0 Å². The highest BCUT2D eigenvalue weighted by Gasteiger charge is 2.21. The van der Waals surface area contributed by atoms with Crippen LogP contribution >= 0.6 is 35.0 Å². The molecule has 5 nitrogen and oxygen atoms in total. The molecule has 29 heavy (non-hydrogen) atoms. The lowest BCUT2D eigenvalue weighted by Crippen LogP contribution is -2.41. The van der Waals surface area contributed by atoms with Gasteiger partial charge in [-0.2, -0.15) is 11.8 Å². The number of nitrogens with one attached hydrogen (secondary N) is 1. The Morgan fingerprint density at radius 2 is 1.79 bits per heavy atom. The monoisotopic (exact) mass is 474 g/mol. The summed E-state index contributed by atoms with van der Waals surface area (Å²) in [7, 11) is -3.58. The van der Waals surface area contributed by atoms with Gasteiger partial charge in [-0.3, -0.25) is 9.10 Å². The quantitative estimate of drug-likeness (QED) is 0.545. The molecule has 0 aliphatic carbocycles. The molecule has 0 heterocycles. The van der Waals surface area contributed by atoms with Gasteiger partial charge in [-0.15, -0.1) is 0 Å². The van der Waals surface area contributed by atoms with Gasteiger partial charge in [0, 0.05) is 18.1 Å². The summed E-state index contributed by atoms with van der Waals surface area (Å²) >= 11 is 13.5. The maximum Gasteiger partial charge on any atom is 0.240 e. The third kappa shape index (κ3) is 7.41. The highest BCUT2D eigenvalue weighted by Crippen LogP contribution is 2.24. The SMILES string of the molecule is Cc1ccc(N(CC(=O)NCCSCc2ccc(Cl)c(Cl)c2)S(C)(=O)=O)cc1C. The molecule has 1 amide bonds. The number of carbonyl (C=O) groups is 1. The van der Waals surface area contributed by atoms with E-state index in [0.717, 1.165) is 33.0 Å². The first-order chi connectivity index (χ1) is 13.6. The average Bonchev–Trinajstić information content (AvgIpc) is 2.64. The number of aryl methyl sites for hydroxylation is 2. The minimum Gasteiger partial charge on any atom is -0.354 e. The van der Waals surface area contributed by atoms with Crippen LogP contribution in [0, 0.1) is 13.8 Å². The Morgan fingerprint density at radius 1 is 1.07 bits per heavy atom. The number of benzene rings is 2. The number of rotatable bonds is 9. The predicted molar refractivity (Wildman–Crippen MR) is 124 cm³/mol. The number of amides is 1. The molecule has 0 aliphatic rings. The summed E-state index contributed by atoms with van der Waals surface area (Å²) < 4.78 is 25.5. The van der Waals surface area contributed by atoms with Gasteiger partial charge in [0.1, 0.15) is 6.54 Å². The van der Waals surface area contributed by atoms with E-state index in [4.69, 9.17) is 23.2 Å². The van der Waals surface area contributed by atoms with E-state index in [0.29, 0.717) is 28.0 Å². The van der Waals surface area contributed by atoms with Gasteiger partial charge in [-0.1, -0.05) is 35.3 Å². The Balaban J connectivity index is 1.85. The smallest absolute Gasteiger partial charge is 0.240 e. The minimum atomic E-state index is -3.58. The van der Waals surface area contributed by atoms with Gasteiger partial charge in [0.2, 0.25) is 15.9 Å². The Labute approximate surface area is 186 Å². The van der Waals surface area contributed by atoms with Gasteiger partial charge in [0.15, 0.2) is 0 Å². The van der Waals surface area contributed by atoms with Crippen LogP contribution < -0.4 is 9.62 Å². The number of anilines is 1. The molecular formula is C20H24Cl2N2O3S2. The van der Waals surface area contributed by atoms with Crippen LogP contribution in [-0.4, -0.2) is 39.4 Å². The van der Waals surface area contributed by atoms with Crippen molar-refractivity contribution < 1.29 is 13.2 Å². The average molecular weight is 475 g/mol. The molecule has 0 atom stereocenters. The second kappa shape index (κ2) is 10.6. The third-order valence-corrected chi connectivity index (χ3v) is 7.20. The lowest BCUT2D eigenvalue weighted by atomic mass is 10.1. The standard InChI is InChI=1S/C20H24Cl2N2O3S2/c1-14-4-6-17(10-15(14)2)24(29(3,26)27)12-20(25)23-8-9-28-13-16-5-7-18(21)19(22)11-16/h4-7,10-11H,8-9,12-13H2,1-3H3,(H,23,25). The summed E-state index contributed by atoms with van der Waals surface area (Å²) in [5.41, 5.74) is 3.56. The Morgan fingerprint density at radius 3 is 2.41 bits per heavy atom. The first-order valence-electron chi connectivity index (χ1n) is 8.91. The maximum absolute atomic E-state index is 12.3. The molecule has 2 aromatic rings. The van der Waals surface area contributed by atoms with Crippen LogP contribution in [-0.2, 0) is 20.6 Å². The molecule has 0 unspecified atom stereocenters. The molecule has 0 saturated heterocycles. The molecule has 0 saturated carbocycles. The summed E-state index contributed by atoms with van der Waals surface area (Å²) in [5.74, 6) is 1.09. The maximum atomic E-state index is 12.3. The van der Waals surface area contributed by atoms with Crippen LogP contribution in [0.5, 0.6) is 0 Å². The first-order valence-corrected chi connectivity index (χ1v) is 12.7. The summed E-state index contributed by atoms with van der Waals surface area (Å²) in [5, 5.41) is 3.81. The van der Waals surface area contributed by atoms with E-state index in [1.54, 1.807) is 30.0 Å². The van der Waals surface area contributed by atoms with E-state index in [1.807, 2.05) is 32.0 Å². The lowest BCUT2D eigenvalue weighted by Gasteiger charge is -2.22. The number of hydrogen-bond donors (Lipinski definition) is 1. The van der Waals surface area contributed by atoms with Crippen molar-refractivity contribution in [3.05, 3.63) is 63.1 Å². The molecule has 2 rings (SSSR count). The molecule has 158 valence electrons. The van der Waals surface area contributed by atoms with Crippen molar-refractivity contribution in [2.24, 2.45) is 0 Å². The zero-order valence-electron chi connectivity index (χ0n) is 16.5. The van der Waals surface area contributed by atoms with Crippen molar-refractivity contribution in [3.63, 3.8) is 0 Å². The number of carbonyl (C=O) groups excluding carboxylic acids is 1. The molecule has 0 radical (unpaired) electrons. The van der Waals surface area contributed by atoms with E-state index in [2.05, 4.69) is 5.32 Å². The number of sulfonamides is 1. The fraction of sp³-hybridized carbons (Fsp3) is 0.350. The summed E-state index contributed by atoms with van der Waals surface area (Å²) in [4.78, 5) is 12.3. The van der Waals surface area contributed by atoms with Crippen LogP contribution in [0.25, 0.3) is 0 Å². The van der Waals surface area contributed by atoms with Crippen LogP contribution in [0.4, 0.5) is 5.69 Å². The van der Waals surface area contributed by atoms with Crippen LogP contribution in [0.15, 0.2) is 36.4 Å². The summed E-state index contributed by atoms with van der Waals surface area (Å²) in [6, 6.07) is 10.8. The van der Waals surface area contributed by atoms with Gasteiger partial charge < -0.3 is 5.32 Å². The Hall–Kier alpha value is -1.41. The molecule has 0 fully saturated rings. The van der Waals surface area contributed by atoms with E-state index in [1.165, 1.54) is 0 Å². The molecule has 0 aliphatic heterocycles. The second-order valence-corrected chi connectivity index (χ2v) is 10.5. The van der Waals surface area contributed by atoms with Gasteiger partial charge in [-0.25, -0.2) is 8.42 Å². The second-order valence-electron chi connectivity index (χ2n) is 6.69. The van der Waals surface area contributed by atoms with Crippen LogP contribution in [0.2, 0.25) is 10.0 Å². The van der Waals surface area contributed by atoms with Gasteiger partial charge in [0.05, 0.1) is 22.0 Å². The zero-order valence-corrected chi connectivity index (χ0v) is 19.7. The first kappa shape index (κ1) is 23.9. The minimum absolute atomic E-state index is 0.251. The Bertz CT molecular complexity index is 982. The molecule has 9 heteroatoms.